The van der Waals surface area contributed by atoms with Gasteiger partial charge in [0.05, 0.1) is 13.5 Å². The van der Waals surface area contributed by atoms with Crippen LogP contribution in [-0.4, -0.2) is 19.0 Å². The Morgan fingerprint density at radius 1 is 1.33 bits per heavy atom. The van der Waals surface area contributed by atoms with E-state index in [-0.39, 0.29) is 11.3 Å². The lowest BCUT2D eigenvalue weighted by molar-refractivity contribution is -0.126. The first-order valence-corrected chi connectivity index (χ1v) is 6.10. The summed E-state index contributed by atoms with van der Waals surface area (Å²) in [5.41, 5.74) is 7.08. The number of primary amides is 1. The molecule has 3 amide bonds. The minimum absolute atomic E-state index is 0.127. The molecule has 0 aromatic heterocycles. The van der Waals surface area contributed by atoms with Crippen LogP contribution in [-0.2, 0) is 10.2 Å². The van der Waals surface area contributed by atoms with E-state index in [1.165, 1.54) is 0 Å². The Kier molecular flexibility index (Phi) is 2.78. The van der Waals surface area contributed by atoms with E-state index >= 15 is 0 Å². The van der Waals surface area contributed by atoms with Gasteiger partial charge >= 0.3 is 11.9 Å². The summed E-state index contributed by atoms with van der Waals surface area (Å²) in [7, 11) is 1.59. The highest BCUT2D eigenvalue weighted by Crippen LogP contribution is 2.41. The molecule has 2 N–H and O–H groups in total. The van der Waals surface area contributed by atoms with Gasteiger partial charge in [0.2, 0.25) is 0 Å². The fourth-order valence-electron chi connectivity index (χ4n) is 2.59. The third-order valence-corrected chi connectivity index (χ3v) is 4.02. The minimum Gasteiger partial charge on any atom is -0.318 e. The predicted molar refractivity (Wildman–Crippen MR) is 71.0 cm³/mol. The quantitative estimate of drug-likeness (QED) is 0.715. The van der Waals surface area contributed by atoms with E-state index in [1.54, 1.807) is 7.05 Å². The molecule has 0 aliphatic carbocycles. The number of benzene rings is 1. The standard InChI is InChI=1S/C14H18N2O2/c1-14(2)9-8-12(17)16(3,13(15)18)11-7-5-4-6-10(11)14/h4-7H,8-9H2,1-3H3,(H-,15,18)/p+1. The van der Waals surface area contributed by atoms with Crippen LogP contribution < -0.4 is 10.2 Å². The molecule has 4 heteroatoms. The zero-order chi connectivity index (χ0) is 13.6. The number of hydrogen-bond acceptors (Lipinski definition) is 2. The number of rotatable bonds is 0. The molecule has 1 aromatic carbocycles. The van der Waals surface area contributed by atoms with E-state index in [1.807, 2.05) is 24.3 Å². The number of fused-ring (bicyclic) bond motifs is 1. The number of nitrogens with zero attached hydrogens (tertiary/aromatic N) is 1. The van der Waals surface area contributed by atoms with Crippen molar-refractivity contribution in [2.24, 2.45) is 5.73 Å². The molecule has 0 radical (unpaired) electrons. The van der Waals surface area contributed by atoms with E-state index in [2.05, 4.69) is 13.8 Å². The number of imide groups is 1. The van der Waals surface area contributed by atoms with Crippen LogP contribution in [0, 0.1) is 0 Å². The Balaban J connectivity index is 2.76. The number of carbonyl (C=O) groups excluding carboxylic acids is 2. The number of nitrogens with two attached hydrogens (primary N) is 1. The molecule has 0 fully saturated rings. The first-order valence-electron chi connectivity index (χ1n) is 6.10. The maximum atomic E-state index is 12.3. The number of quaternary nitrogens is 1. The van der Waals surface area contributed by atoms with Gasteiger partial charge in [0, 0.05) is 11.6 Å². The van der Waals surface area contributed by atoms with E-state index in [0.717, 1.165) is 12.0 Å². The molecule has 0 saturated carbocycles. The Morgan fingerprint density at radius 2 is 1.94 bits per heavy atom. The lowest BCUT2D eigenvalue weighted by Gasteiger charge is -2.28. The van der Waals surface area contributed by atoms with Crippen molar-refractivity contribution >= 4 is 17.6 Å². The van der Waals surface area contributed by atoms with Gasteiger partial charge in [0.15, 0.2) is 5.69 Å². The number of hydrogen-bond donors (Lipinski definition) is 1. The molecule has 1 aliphatic heterocycles. The molecular formula is C14H19N2O2+. The molecule has 1 unspecified atom stereocenters. The average Bonchev–Trinajstić information content (AvgIpc) is 2.41. The van der Waals surface area contributed by atoms with E-state index < -0.39 is 10.5 Å². The fourth-order valence-corrected chi connectivity index (χ4v) is 2.59. The van der Waals surface area contributed by atoms with Gasteiger partial charge in [0.25, 0.3) is 0 Å². The lowest BCUT2D eigenvalue weighted by Crippen LogP contribution is -2.57. The minimum atomic E-state index is -0.620. The summed E-state index contributed by atoms with van der Waals surface area (Å²) < 4.78 is -0.431. The predicted octanol–water partition coefficient (Wildman–Crippen LogP) is 2.30. The average molecular weight is 247 g/mol. The van der Waals surface area contributed by atoms with Crippen molar-refractivity contribution in [3.05, 3.63) is 29.8 Å². The lowest BCUT2D eigenvalue weighted by atomic mass is 9.80. The second kappa shape index (κ2) is 3.92. The zero-order valence-corrected chi connectivity index (χ0v) is 11.1. The number of carbonyl (C=O) groups is 2. The fraction of sp³-hybridized carbons (Fsp3) is 0.429. The first kappa shape index (κ1) is 12.8. The molecule has 2 rings (SSSR count). The topological polar surface area (TPSA) is 60.2 Å². The smallest absolute Gasteiger partial charge is 0.318 e. The molecule has 4 nitrogen and oxygen atoms in total. The largest absolute Gasteiger partial charge is 0.426 e. The highest BCUT2D eigenvalue weighted by Gasteiger charge is 2.47. The highest BCUT2D eigenvalue weighted by molar-refractivity contribution is 6.08. The van der Waals surface area contributed by atoms with Crippen LogP contribution in [0.4, 0.5) is 10.5 Å². The molecule has 0 spiro atoms. The van der Waals surface area contributed by atoms with Crippen LogP contribution in [0.5, 0.6) is 0 Å². The van der Waals surface area contributed by atoms with Crippen LogP contribution in [0.15, 0.2) is 24.3 Å². The van der Waals surface area contributed by atoms with Crippen molar-refractivity contribution < 1.29 is 9.59 Å². The van der Waals surface area contributed by atoms with Gasteiger partial charge in [-0.1, -0.05) is 32.0 Å². The Hall–Kier alpha value is -1.68. The van der Waals surface area contributed by atoms with Crippen LogP contribution in [0.3, 0.4) is 0 Å². The van der Waals surface area contributed by atoms with Crippen molar-refractivity contribution in [1.29, 1.82) is 0 Å². The van der Waals surface area contributed by atoms with Gasteiger partial charge in [-0.3, -0.25) is 0 Å². The monoisotopic (exact) mass is 247 g/mol. The van der Waals surface area contributed by atoms with Crippen LogP contribution in [0.25, 0.3) is 0 Å². The summed E-state index contributed by atoms with van der Waals surface area (Å²) in [5, 5.41) is 0. The van der Waals surface area contributed by atoms with E-state index in [4.69, 9.17) is 5.73 Å². The Bertz CT molecular complexity index is 522. The summed E-state index contributed by atoms with van der Waals surface area (Å²) >= 11 is 0. The third-order valence-electron chi connectivity index (χ3n) is 4.02. The summed E-state index contributed by atoms with van der Waals surface area (Å²) in [5.74, 6) is -0.138. The van der Waals surface area contributed by atoms with E-state index in [0.29, 0.717) is 12.1 Å². The maximum absolute atomic E-state index is 12.3. The maximum Gasteiger partial charge on any atom is 0.426 e. The summed E-state index contributed by atoms with van der Waals surface area (Å²) in [6.45, 7) is 4.19. The second-order valence-electron chi connectivity index (χ2n) is 5.64. The second-order valence-corrected chi connectivity index (χ2v) is 5.64. The molecule has 96 valence electrons. The Morgan fingerprint density at radius 3 is 2.56 bits per heavy atom. The zero-order valence-electron chi connectivity index (χ0n) is 11.1. The van der Waals surface area contributed by atoms with Crippen LogP contribution in [0.2, 0.25) is 0 Å². The van der Waals surface area contributed by atoms with Crippen molar-refractivity contribution in [3.8, 4) is 0 Å². The van der Waals surface area contributed by atoms with E-state index in [9.17, 15) is 9.59 Å². The number of urea groups is 1. The third kappa shape index (κ3) is 1.64. The normalized spacial score (nSPS) is 26.3. The van der Waals surface area contributed by atoms with Crippen molar-refractivity contribution in [2.45, 2.75) is 32.1 Å². The SMILES string of the molecule is CC1(C)CCC(=O)[N+](C)(C(N)=O)c2ccccc21. The van der Waals surface area contributed by atoms with Crippen molar-refractivity contribution in [3.63, 3.8) is 0 Å². The summed E-state index contributed by atoms with van der Waals surface area (Å²) in [6.07, 6.45) is 1.09. The highest BCUT2D eigenvalue weighted by atomic mass is 16.2. The van der Waals surface area contributed by atoms with Crippen molar-refractivity contribution in [2.75, 3.05) is 7.05 Å². The molecule has 1 atom stereocenters. The molecule has 1 aliphatic rings. The van der Waals surface area contributed by atoms with Gasteiger partial charge in [-0.2, -0.15) is 0 Å². The number of para-hydroxylation sites is 1. The van der Waals surface area contributed by atoms with Crippen molar-refractivity contribution in [1.82, 2.24) is 4.48 Å². The molecule has 0 saturated heterocycles. The molecule has 1 heterocycles. The van der Waals surface area contributed by atoms with Gasteiger partial charge in [-0.15, -0.1) is 4.48 Å². The summed E-state index contributed by atoms with van der Waals surface area (Å²) in [6, 6.07) is 6.96. The van der Waals surface area contributed by atoms with Gasteiger partial charge in [0.1, 0.15) is 0 Å². The Labute approximate surface area is 107 Å². The first-order chi connectivity index (χ1) is 8.30. The van der Waals surface area contributed by atoms with Gasteiger partial charge < -0.3 is 5.73 Å². The van der Waals surface area contributed by atoms with Crippen LogP contribution >= 0.6 is 0 Å². The molecular weight excluding hydrogens is 228 g/mol. The summed E-state index contributed by atoms with van der Waals surface area (Å²) in [4.78, 5) is 24.1. The molecule has 18 heavy (non-hydrogen) atoms. The molecule has 0 bridgehead atoms. The molecule has 1 aromatic rings. The van der Waals surface area contributed by atoms with Gasteiger partial charge in [-0.25, -0.2) is 9.59 Å². The number of amides is 3. The van der Waals surface area contributed by atoms with Crippen LogP contribution in [0.1, 0.15) is 32.3 Å². The van der Waals surface area contributed by atoms with Gasteiger partial charge in [-0.05, 0) is 11.8 Å².